The van der Waals surface area contributed by atoms with Gasteiger partial charge in [-0.1, -0.05) is 6.08 Å². The van der Waals surface area contributed by atoms with Crippen LogP contribution in [0.15, 0.2) is 30.0 Å². The molecule has 4 rings (SSSR count). The van der Waals surface area contributed by atoms with Crippen LogP contribution in [0.3, 0.4) is 0 Å². The number of ether oxygens (including phenoxy) is 2. The van der Waals surface area contributed by atoms with Crippen LogP contribution in [0.25, 0.3) is 0 Å². The highest BCUT2D eigenvalue weighted by Crippen LogP contribution is 2.34. The van der Waals surface area contributed by atoms with Crippen LogP contribution in [0.4, 0.5) is 4.39 Å². The van der Waals surface area contributed by atoms with E-state index in [1.807, 2.05) is 11.0 Å². The Balaban J connectivity index is 1.57. The summed E-state index contributed by atoms with van der Waals surface area (Å²) >= 11 is 0. The van der Waals surface area contributed by atoms with E-state index in [1.165, 1.54) is 18.3 Å². The molecule has 0 radical (unpaired) electrons. The topological polar surface area (TPSA) is 51.7 Å². The number of nitrogens with zero attached hydrogens (tertiary/aromatic N) is 2. The highest BCUT2D eigenvalue weighted by molar-refractivity contribution is 5.94. The number of aromatic nitrogens is 1. The molecule has 1 aromatic rings. The van der Waals surface area contributed by atoms with Crippen molar-refractivity contribution in [1.29, 1.82) is 0 Å². The van der Waals surface area contributed by atoms with Gasteiger partial charge >= 0.3 is 0 Å². The summed E-state index contributed by atoms with van der Waals surface area (Å²) in [6.45, 7) is 1.05. The monoisotopic (exact) mass is 332 g/mol. The van der Waals surface area contributed by atoms with Gasteiger partial charge < -0.3 is 14.4 Å². The SMILES string of the molecule is O=C(C1=CCCC1)N1CCO[C@H]2CC[C@H]1[C@@H]2Oc1ncccc1F. The quantitative estimate of drug-likeness (QED) is 0.853. The van der Waals surface area contributed by atoms with Crippen molar-refractivity contribution >= 4 is 5.91 Å². The van der Waals surface area contributed by atoms with Crippen LogP contribution in [0.2, 0.25) is 0 Å². The zero-order valence-electron chi connectivity index (χ0n) is 13.5. The predicted octanol–water partition coefficient (Wildman–Crippen LogP) is 2.47. The van der Waals surface area contributed by atoms with Crippen LogP contribution in [0, 0.1) is 5.82 Å². The molecule has 0 spiro atoms. The molecule has 3 atom stereocenters. The van der Waals surface area contributed by atoms with Crippen LogP contribution in [0.1, 0.15) is 32.1 Å². The maximum Gasteiger partial charge on any atom is 0.250 e. The summed E-state index contributed by atoms with van der Waals surface area (Å²) in [6, 6.07) is 2.77. The van der Waals surface area contributed by atoms with E-state index in [1.54, 1.807) is 0 Å². The summed E-state index contributed by atoms with van der Waals surface area (Å²) in [4.78, 5) is 18.7. The fourth-order valence-corrected chi connectivity index (χ4v) is 3.93. The number of pyridine rings is 1. The lowest BCUT2D eigenvalue weighted by atomic mass is 10.1. The van der Waals surface area contributed by atoms with Crippen molar-refractivity contribution in [2.24, 2.45) is 0 Å². The number of carbonyl (C=O) groups is 1. The van der Waals surface area contributed by atoms with Crippen molar-refractivity contribution in [3.8, 4) is 5.88 Å². The highest BCUT2D eigenvalue weighted by atomic mass is 19.1. The Bertz CT molecular complexity index is 663. The summed E-state index contributed by atoms with van der Waals surface area (Å²) in [5, 5.41) is 0. The van der Waals surface area contributed by atoms with Gasteiger partial charge in [0.15, 0.2) is 5.82 Å². The largest absolute Gasteiger partial charge is 0.467 e. The molecule has 0 aromatic carbocycles. The number of rotatable bonds is 3. The third kappa shape index (κ3) is 2.79. The molecule has 1 saturated carbocycles. The molecule has 1 saturated heterocycles. The fourth-order valence-electron chi connectivity index (χ4n) is 3.93. The molecule has 5 nitrogen and oxygen atoms in total. The molecule has 2 fully saturated rings. The second kappa shape index (κ2) is 6.51. The van der Waals surface area contributed by atoms with E-state index in [9.17, 15) is 9.18 Å². The Hall–Kier alpha value is -1.95. The minimum Gasteiger partial charge on any atom is -0.467 e. The summed E-state index contributed by atoms with van der Waals surface area (Å²) < 4.78 is 25.6. The Morgan fingerprint density at radius 2 is 2.33 bits per heavy atom. The maximum absolute atomic E-state index is 13.9. The first-order valence-corrected chi connectivity index (χ1v) is 8.63. The Morgan fingerprint density at radius 1 is 1.42 bits per heavy atom. The summed E-state index contributed by atoms with van der Waals surface area (Å²) in [6.07, 6.45) is 7.52. The molecule has 3 aliphatic rings. The molecule has 0 unspecified atom stereocenters. The van der Waals surface area contributed by atoms with Gasteiger partial charge in [0.25, 0.3) is 5.88 Å². The lowest BCUT2D eigenvalue weighted by Gasteiger charge is -2.31. The molecule has 1 aromatic heterocycles. The van der Waals surface area contributed by atoms with Gasteiger partial charge in [0.2, 0.25) is 5.91 Å². The summed E-state index contributed by atoms with van der Waals surface area (Å²) in [5.74, 6) is -0.423. The van der Waals surface area contributed by atoms with E-state index in [4.69, 9.17) is 9.47 Å². The van der Waals surface area contributed by atoms with E-state index in [2.05, 4.69) is 4.98 Å². The van der Waals surface area contributed by atoms with Crippen LogP contribution in [-0.2, 0) is 9.53 Å². The third-order valence-corrected chi connectivity index (χ3v) is 5.11. The Kier molecular flexibility index (Phi) is 4.22. The van der Waals surface area contributed by atoms with Gasteiger partial charge in [0, 0.05) is 18.3 Å². The van der Waals surface area contributed by atoms with Gasteiger partial charge in [-0.3, -0.25) is 4.79 Å². The van der Waals surface area contributed by atoms with E-state index < -0.39 is 5.82 Å². The molecule has 24 heavy (non-hydrogen) atoms. The molecule has 1 aliphatic heterocycles. The molecule has 2 aliphatic carbocycles. The van der Waals surface area contributed by atoms with Crippen molar-refractivity contribution in [3.05, 3.63) is 35.8 Å². The second-order valence-corrected chi connectivity index (χ2v) is 6.55. The number of carbonyl (C=O) groups excluding carboxylic acids is 1. The maximum atomic E-state index is 13.9. The molecule has 0 N–H and O–H groups in total. The number of amides is 1. The van der Waals surface area contributed by atoms with Crippen molar-refractivity contribution in [2.75, 3.05) is 13.2 Å². The predicted molar refractivity (Wildman–Crippen MR) is 85.0 cm³/mol. The first kappa shape index (κ1) is 15.6. The van der Waals surface area contributed by atoms with Crippen LogP contribution >= 0.6 is 0 Å². The van der Waals surface area contributed by atoms with Crippen molar-refractivity contribution in [2.45, 2.75) is 50.4 Å². The Labute approximate surface area is 140 Å². The average molecular weight is 332 g/mol. The summed E-state index contributed by atoms with van der Waals surface area (Å²) in [7, 11) is 0. The van der Waals surface area contributed by atoms with Gasteiger partial charge in [-0.2, -0.15) is 0 Å². The molecule has 6 heteroatoms. The third-order valence-electron chi connectivity index (χ3n) is 5.11. The normalized spacial score (nSPS) is 29.3. The van der Waals surface area contributed by atoms with Gasteiger partial charge in [-0.05, 0) is 44.2 Å². The molecule has 128 valence electrons. The fraction of sp³-hybridized carbons (Fsp3) is 0.556. The zero-order chi connectivity index (χ0) is 16.5. The van der Waals surface area contributed by atoms with Crippen LogP contribution in [0.5, 0.6) is 5.88 Å². The first-order valence-electron chi connectivity index (χ1n) is 8.63. The molecule has 2 bridgehead atoms. The lowest BCUT2D eigenvalue weighted by Crippen LogP contribution is -2.48. The second-order valence-electron chi connectivity index (χ2n) is 6.55. The average Bonchev–Trinajstić information content (AvgIpc) is 3.18. The first-order chi connectivity index (χ1) is 11.7. The highest BCUT2D eigenvalue weighted by Gasteiger charge is 2.46. The van der Waals surface area contributed by atoms with E-state index in [-0.39, 0.29) is 30.0 Å². The number of allylic oxidation sites excluding steroid dienone is 1. The van der Waals surface area contributed by atoms with Gasteiger partial charge in [0.05, 0.1) is 18.8 Å². The minimum absolute atomic E-state index is 0.0163. The number of halogens is 1. The Morgan fingerprint density at radius 3 is 3.12 bits per heavy atom. The molecule has 2 heterocycles. The van der Waals surface area contributed by atoms with Gasteiger partial charge in [-0.15, -0.1) is 0 Å². The number of hydrogen-bond donors (Lipinski definition) is 0. The van der Waals surface area contributed by atoms with Crippen LogP contribution < -0.4 is 4.74 Å². The number of hydrogen-bond acceptors (Lipinski definition) is 4. The van der Waals surface area contributed by atoms with Gasteiger partial charge in [-0.25, -0.2) is 9.37 Å². The van der Waals surface area contributed by atoms with Crippen molar-refractivity contribution in [3.63, 3.8) is 0 Å². The van der Waals surface area contributed by atoms with E-state index in [0.29, 0.717) is 13.2 Å². The van der Waals surface area contributed by atoms with Crippen LogP contribution in [-0.4, -0.2) is 47.2 Å². The van der Waals surface area contributed by atoms with E-state index >= 15 is 0 Å². The zero-order valence-corrected chi connectivity index (χ0v) is 13.5. The summed E-state index contributed by atoms with van der Waals surface area (Å²) in [5.41, 5.74) is 0.892. The van der Waals surface area contributed by atoms with E-state index in [0.717, 1.165) is 37.7 Å². The molecular formula is C18H21FN2O3. The standard InChI is InChI=1S/C18H21FN2O3/c19-13-6-3-9-20-17(13)24-16-14-7-8-15(16)23-11-10-21(14)18(22)12-4-1-2-5-12/h3-4,6,9,14-16H,1-2,5,7-8,10-11H2/t14-,15-,16-/m0/s1. The van der Waals surface area contributed by atoms with Gasteiger partial charge in [0.1, 0.15) is 6.10 Å². The van der Waals surface area contributed by atoms with Crippen molar-refractivity contribution < 1.29 is 18.7 Å². The molecule has 1 amide bonds. The number of fused-ring (bicyclic) bond motifs is 2. The minimum atomic E-state index is -0.488. The van der Waals surface area contributed by atoms with Crippen molar-refractivity contribution in [1.82, 2.24) is 9.88 Å². The lowest BCUT2D eigenvalue weighted by molar-refractivity contribution is -0.130. The molecular weight excluding hydrogens is 311 g/mol. The smallest absolute Gasteiger partial charge is 0.250 e.